The average Bonchev–Trinajstić information content (AvgIpc) is 3.22. The molecule has 0 spiro atoms. The first-order valence-corrected chi connectivity index (χ1v) is 9.55. The fourth-order valence-electron chi connectivity index (χ4n) is 3.45. The van der Waals surface area contributed by atoms with Crippen LogP contribution in [0.5, 0.6) is 5.88 Å². The smallest absolute Gasteiger partial charge is 0.416 e. The van der Waals surface area contributed by atoms with Crippen LogP contribution in [-0.4, -0.2) is 35.0 Å². The number of halogens is 3. The molecule has 4 nitrogen and oxygen atoms in total. The number of likely N-dealkylation sites (tertiary alicyclic amines) is 1. The quantitative estimate of drug-likeness (QED) is 0.602. The van der Waals surface area contributed by atoms with Crippen molar-refractivity contribution in [1.82, 2.24) is 9.88 Å². The maximum absolute atomic E-state index is 12.8. The molecule has 30 heavy (non-hydrogen) atoms. The second-order valence-electron chi connectivity index (χ2n) is 7.10. The number of alkyl halides is 3. The molecule has 0 aliphatic carbocycles. The van der Waals surface area contributed by atoms with Crippen molar-refractivity contribution < 1.29 is 22.7 Å². The van der Waals surface area contributed by atoms with Crippen LogP contribution < -0.4 is 4.74 Å². The molecule has 1 fully saturated rings. The topological polar surface area (TPSA) is 42.4 Å². The summed E-state index contributed by atoms with van der Waals surface area (Å²) in [5.74, 6) is -0.214. The second-order valence-corrected chi connectivity index (χ2v) is 7.10. The lowest BCUT2D eigenvalue weighted by molar-refractivity contribution is -0.137. The molecular weight excluding hydrogens is 393 g/mol. The summed E-state index contributed by atoms with van der Waals surface area (Å²) < 4.78 is 44.1. The number of carbonyl (C=O) groups is 1. The normalized spacial score (nSPS) is 16.5. The zero-order valence-electron chi connectivity index (χ0n) is 16.0. The molecule has 0 saturated carbocycles. The Hall–Kier alpha value is -3.35. The molecule has 0 bridgehead atoms. The van der Waals surface area contributed by atoms with E-state index in [4.69, 9.17) is 4.74 Å². The minimum absolute atomic E-state index is 0.0867. The van der Waals surface area contributed by atoms with E-state index in [9.17, 15) is 18.0 Å². The highest BCUT2D eigenvalue weighted by Crippen LogP contribution is 2.31. The van der Waals surface area contributed by atoms with Crippen LogP contribution >= 0.6 is 0 Å². The summed E-state index contributed by atoms with van der Waals surface area (Å²) in [5, 5.41) is 0. The van der Waals surface area contributed by atoms with Gasteiger partial charge in [-0.25, -0.2) is 4.98 Å². The van der Waals surface area contributed by atoms with Crippen LogP contribution in [0.15, 0.2) is 72.9 Å². The average molecular weight is 412 g/mol. The highest BCUT2D eigenvalue weighted by Gasteiger charge is 2.32. The van der Waals surface area contributed by atoms with Crippen LogP contribution in [0, 0.1) is 0 Å². The number of hydrogen-bond donors (Lipinski definition) is 0. The van der Waals surface area contributed by atoms with Crippen molar-refractivity contribution in [2.45, 2.75) is 18.7 Å². The van der Waals surface area contributed by atoms with Gasteiger partial charge in [-0.1, -0.05) is 42.5 Å². The summed E-state index contributed by atoms with van der Waals surface area (Å²) in [6, 6.07) is 19.0. The van der Waals surface area contributed by atoms with Crippen LogP contribution in [0.3, 0.4) is 0 Å². The van der Waals surface area contributed by atoms with E-state index in [1.54, 1.807) is 17.0 Å². The molecule has 1 aliphatic rings. The van der Waals surface area contributed by atoms with Crippen molar-refractivity contribution in [3.05, 3.63) is 84.1 Å². The Morgan fingerprint density at radius 1 is 1.00 bits per heavy atom. The van der Waals surface area contributed by atoms with Gasteiger partial charge in [0.2, 0.25) is 5.88 Å². The van der Waals surface area contributed by atoms with E-state index in [1.165, 1.54) is 0 Å². The molecular formula is C23H19F3N2O2. The van der Waals surface area contributed by atoms with E-state index in [2.05, 4.69) is 4.98 Å². The molecule has 3 aromatic rings. The number of hydrogen-bond acceptors (Lipinski definition) is 3. The molecule has 1 aliphatic heterocycles. The monoisotopic (exact) mass is 412 g/mol. The van der Waals surface area contributed by atoms with Crippen LogP contribution in [-0.2, 0) is 6.18 Å². The zero-order chi connectivity index (χ0) is 21.1. The van der Waals surface area contributed by atoms with Crippen molar-refractivity contribution in [3.63, 3.8) is 0 Å². The Labute approximate surface area is 171 Å². The molecule has 4 rings (SSSR count). The third-order valence-electron chi connectivity index (χ3n) is 5.02. The molecule has 1 unspecified atom stereocenters. The Morgan fingerprint density at radius 2 is 1.70 bits per heavy atom. The lowest BCUT2D eigenvalue weighted by Gasteiger charge is -2.17. The first-order valence-electron chi connectivity index (χ1n) is 9.55. The number of ether oxygens (including phenoxy) is 1. The summed E-state index contributed by atoms with van der Waals surface area (Å²) in [6.45, 7) is 0.778. The lowest BCUT2D eigenvalue weighted by atomic mass is 10.0. The standard InChI is InChI=1S/C23H19F3N2O2/c24-23(25,26)19-10-12-27-21(14-19)30-20-11-13-28(15-20)22(29)18-8-6-17(7-9-18)16-4-2-1-3-5-16/h1-10,12,14,20H,11,13,15H2. The predicted molar refractivity (Wildman–Crippen MR) is 106 cm³/mol. The van der Waals surface area contributed by atoms with Crippen molar-refractivity contribution in [2.24, 2.45) is 0 Å². The van der Waals surface area contributed by atoms with Gasteiger partial charge in [-0.15, -0.1) is 0 Å². The highest BCUT2D eigenvalue weighted by molar-refractivity contribution is 5.95. The van der Waals surface area contributed by atoms with E-state index in [0.717, 1.165) is 29.5 Å². The van der Waals surface area contributed by atoms with Crippen LogP contribution in [0.1, 0.15) is 22.3 Å². The van der Waals surface area contributed by atoms with Gasteiger partial charge in [0.25, 0.3) is 5.91 Å². The fraction of sp³-hybridized carbons (Fsp3) is 0.217. The largest absolute Gasteiger partial charge is 0.472 e. The first-order chi connectivity index (χ1) is 14.4. The van der Waals surface area contributed by atoms with Gasteiger partial charge in [-0.3, -0.25) is 4.79 Å². The van der Waals surface area contributed by atoms with Crippen molar-refractivity contribution in [3.8, 4) is 17.0 Å². The molecule has 1 saturated heterocycles. The van der Waals surface area contributed by atoms with E-state index in [-0.39, 0.29) is 11.8 Å². The van der Waals surface area contributed by atoms with Crippen LogP contribution in [0.4, 0.5) is 13.2 Å². The van der Waals surface area contributed by atoms with Gasteiger partial charge in [0.1, 0.15) is 6.10 Å². The molecule has 1 atom stereocenters. The van der Waals surface area contributed by atoms with Crippen molar-refractivity contribution in [1.29, 1.82) is 0 Å². The van der Waals surface area contributed by atoms with Gasteiger partial charge in [0.05, 0.1) is 12.1 Å². The third kappa shape index (κ3) is 4.45. The third-order valence-corrected chi connectivity index (χ3v) is 5.02. The van der Waals surface area contributed by atoms with Gasteiger partial charge >= 0.3 is 6.18 Å². The molecule has 7 heteroatoms. The van der Waals surface area contributed by atoms with E-state index >= 15 is 0 Å². The second kappa shape index (κ2) is 8.18. The summed E-state index contributed by atoms with van der Waals surface area (Å²) >= 11 is 0. The summed E-state index contributed by atoms with van der Waals surface area (Å²) in [6.07, 6.45) is -3.24. The van der Waals surface area contributed by atoms with Crippen LogP contribution in [0.2, 0.25) is 0 Å². The molecule has 0 radical (unpaired) electrons. The zero-order valence-corrected chi connectivity index (χ0v) is 16.0. The summed E-state index contributed by atoms with van der Waals surface area (Å²) in [4.78, 5) is 18.3. The Balaban J connectivity index is 1.39. The summed E-state index contributed by atoms with van der Waals surface area (Å²) in [5.41, 5.74) is 1.84. The fourth-order valence-corrected chi connectivity index (χ4v) is 3.45. The Morgan fingerprint density at radius 3 is 2.40 bits per heavy atom. The number of aromatic nitrogens is 1. The van der Waals surface area contributed by atoms with Crippen molar-refractivity contribution >= 4 is 5.91 Å². The number of benzene rings is 2. The number of carbonyl (C=O) groups excluding carboxylic acids is 1. The molecule has 1 aromatic heterocycles. The maximum Gasteiger partial charge on any atom is 0.416 e. The maximum atomic E-state index is 12.8. The van der Waals surface area contributed by atoms with Gasteiger partial charge in [0, 0.05) is 30.8 Å². The Kier molecular flexibility index (Phi) is 5.44. The molecule has 2 aromatic carbocycles. The van der Waals surface area contributed by atoms with E-state index < -0.39 is 17.8 Å². The van der Waals surface area contributed by atoms with Crippen molar-refractivity contribution in [2.75, 3.05) is 13.1 Å². The van der Waals surface area contributed by atoms with Gasteiger partial charge in [0.15, 0.2) is 0 Å². The SMILES string of the molecule is O=C(c1ccc(-c2ccccc2)cc1)N1CCC(Oc2cc(C(F)(F)F)ccn2)C1. The number of amides is 1. The van der Waals surface area contributed by atoms with E-state index in [1.807, 2.05) is 42.5 Å². The number of pyridine rings is 1. The number of nitrogens with zero attached hydrogens (tertiary/aromatic N) is 2. The van der Waals surface area contributed by atoms with Crippen LogP contribution in [0.25, 0.3) is 11.1 Å². The predicted octanol–water partition coefficient (Wildman–Crippen LogP) is 5.06. The lowest BCUT2D eigenvalue weighted by Crippen LogP contribution is -2.31. The molecule has 0 N–H and O–H groups in total. The van der Waals surface area contributed by atoms with E-state index in [0.29, 0.717) is 25.1 Å². The minimum Gasteiger partial charge on any atom is -0.472 e. The van der Waals surface area contributed by atoms with Gasteiger partial charge < -0.3 is 9.64 Å². The highest BCUT2D eigenvalue weighted by atomic mass is 19.4. The molecule has 154 valence electrons. The first kappa shape index (κ1) is 19.9. The van der Waals surface area contributed by atoms with Gasteiger partial charge in [-0.2, -0.15) is 13.2 Å². The van der Waals surface area contributed by atoms with Gasteiger partial charge in [-0.05, 0) is 29.3 Å². The number of rotatable bonds is 4. The molecule has 2 heterocycles. The summed E-state index contributed by atoms with van der Waals surface area (Å²) in [7, 11) is 0. The molecule has 1 amide bonds. The minimum atomic E-state index is -4.45. The Bertz CT molecular complexity index is 1020.